The standard InChI is InChI=1S/C4H4O4.N/c5-3(6)1-2-4(7)8;/h1-2H,(H,5,6)(H,7,8);/b2-1-;. The minimum Gasteiger partial charge on any atom is -0.478 e. The molecule has 0 aromatic heterocycles. The van der Waals surface area contributed by atoms with E-state index in [0.29, 0.717) is 12.2 Å². The summed E-state index contributed by atoms with van der Waals surface area (Å²) in [6, 6.07) is 0. The lowest BCUT2D eigenvalue weighted by molar-refractivity contribution is -0.134. The summed E-state index contributed by atoms with van der Waals surface area (Å²) < 4.78 is 0. The minimum atomic E-state index is -1.26. The van der Waals surface area contributed by atoms with Crippen LogP contribution in [0, 0.1) is 0 Å². The number of rotatable bonds is 2. The third kappa shape index (κ3) is 10.8. The predicted molar refractivity (Wildman–Crippen MR) is 26.5 cm³/mol. The molecular formula is C4H4NO4. The van der Waals surface area contributed by atoms with Gasteiger partial charge >= 0.3 is 11.9 Å². The number of carboxylic acids is 2. The van der Waals surface area contributed by atoms with Gasteiger partial charge in [-0.25, -0.2) is 9.59 Å². The largest absolute Gasteiger partial charge is 0.478 e. The molecule has 0 saturated heterocycles. The van der Waals surface area contributed by atoms with Gasteiger partial charge in [0, 0.05) is 18.3 Å². The van der Waals surface area contributed by atoms with Crippen molar-refractivity contribution >= 4 is 11.9 Å². The molecule has 3 radical (unpaired) electrons. The molecule has 5 heteroatoms. The second kappa shape index (κ2) is 4.79. The van der Waals surface area contributed by atoms with Crippen molar-refractivity contribution in [3.05, 3.63) is 12.2 Å². The van der Waals surface area contributed by atoms with Crippen molar-refractivity contribution in [1.82, 2.24) is 6.15 Å². The van der Waals surface area contributed by atoms with Crippen LogP contribution >= 0.6 is 0 Å². The first-order chi connectivity index (χ1) is 3.63. The van der Waals surface area contributed by atoms with Gasteiger partial charge in [-0.1, -0.05) is 0 Å². The highest BCUT2D eigenvalue weighted by atomic mass is 16.4. The molecule has 0 heterocycles. The van der Waals surface area contributed by atoms with Gasteiger partial charge in [-0.15, -0.1) is 0 Å². The number of hydrogen-bond acceptors (Lipinski definition) is 2. The second-order valence-corrected chi connectivity index (χ2v) is 1.01. The van der Waals surface area contributed by atoms with Crippen molar-refractivity contribution in [2.75, 3.05) is 0 Å². The maximum atomic E-state index is 9.55. The summed E-state index contributed by atoms with van der Waals surface area (Å²) in [4.78, 5) is 19.1. The number of nitrogens with zero attached hydrogens (tertiary/aromatic N) is 1. The van der Waals surface area contributed by atoms with E-state index in [1.54, 1.807) is 0 Å². The zero-order chi connectivity index (χ0) is 6.57. The molecule has 0 unspecified atom stereocenters. The lowest BCUT2D eigenvalue weighted by Gasteiger charge is -1.74. The third-order valence-corrected chi connectivity index (χ3v) is 0.368. The molecule has 0 aliphatic heterocycles. The SMILES string of the molecule is O=C(O)/C=C\C(=O)O.[N]. The van der Waals surface area contributed by atoms with Crippen molar-refractivity contribution in [1.29, 1.82) is 0 Å². The van der Waals surface area contributed by atoms with Crippen LogP contribution in [0.5, 0.6) is 0 Å². The Hall–Kier alpha value is -1.36. The maximum absolute atomic E-state index is 9.55. The minimum absolute atomic E-state index is 0. The molecule has 0 rings (SSSR count). The molecule has 0 aromatic carbocycles. The van der Waals surface area contributed by atoms with E-state index < -0.39 is 11.9 Å². The lowest BCUT2D eigenvalue weighted by atomic mass is 10.5. The molecule has 0 atom stereocenters. The first-order valence-electron chi connectivity index (χ1n) is 1.77. The predicted octanol–water partition coefficient (Wildman–Crippen LogP) is -0.769. The molecule has 2 N–H and O–H groups in total. The molecule has 0 spiro atoms. The highest BCUT2D eigenvalue weighted by Gasteiger charge is 1.88. The van der Waals surface area contributed by atoms with Crippen LogP contribution in [0.3, 0.4) is 0 Å². The number of carboxylic acid groups (broad SMARTS) is 2. The Kier molecular flexibility index (Phi) is 5.64. The van der Waals surface area contributed by atoms with Crippen molar-refractivity contribution in [3.63, 3.8) is 0 Å². The summed E-state index contributed by atoms with van der Waals surface area (Å²) in [6.45, 7) is 0. The summed E-state index contributed by atoms with van der Waals surface area (Å²) in [5, 5.41) is 15.6. The molecule has 49 valence electrons. The maximum Gasteiger partial charge on any atom is 0.328 e. The lowest BCUT2D eigenvalue weighted by Crippen LogP contribution is -1.91. The Morgan fingerprint density at radius 2 is 1.22 bits per heavy atom. The van der Waals surface area contributed by atoms with Crippen LogP contribution in [-0.4, -0.2) is 22.2 Å². The number of hydrogen-bond donors (Lipinski definition) is 2. The van der Waals surface area contributed by atoms with Gasteiger partial charge in [0.2, 0.25) is 0 Å². The van der Waals surface area contributed by atoms with Crippen molar-refractivity contribution in [3.8, 4) is 0 Å². The Morgan fingerprint density at radius 1 is 1.00 bits per heavy atom. The normalized spacial score (nSPS) is 8.44. The van der Waals surface area contributed by atoms with E-state index in [0.717, 1.165) is 0 Å². The van der Waals surface area contributed by atoms with E-state index in [1.165, 1.54) is 0 Å². The molecule has 0 aromatic rings. The van der Waals surface area contributed by atoms with E-state index in [-0.39, 0.29) is 6.15 Å². The zero-order valence-corrected chi connectivity index (χ0v) is 4.31. The average molecular weight is 130 g/mol. The molecule has 0 bridgehead atoms. The van der Waals surface area contributed by atoms with Crippen LogP contribution in [0.15, 0.2) is 12.2 Å². The van der Waals surface area contributed by atoms with E-state index in [1.807, 2.05) is 0 Å². The monoisotopic (exact) mass is 130 g/mol. The number of carbonyl (C=O) groups is 2. The van der Waals surface area contributed by atoms with E-state index in [2.05, 4.69) is 0 Å². The van der Waals surface area contributed by atoms with Gasteiger partial charge in [0.1, 0.15) is 0 Å². The fourth-order valence-electron chi connectivity index (χ4n) is 0.143. The molecule has 0 amide bonds. The fraction of sp³-hybridized carbons (Fsp3) is 0. The Bertz CT molecular complexity index is 124. The second-order valence-electron chi connectivity index (χ2n) is 1.01. The van der Waals surface area contributed by atoms with Gasteiger partial charge in [-0.05, 0) is 0 Å². The van der Waals surface area contributed by atoms with Gasteiger partial charge in [-0.2, -0.15) is 0 Å². The molecular weight excluding hydrogens is 126 g/mol. The van der Waals surface area contributed by atoms with Gasteiger partial charge in [-0.3, -0.25) is 0 Å². The van der Waals surface area contributed by atoms with Gasteiger partial charge in [0.05, 0.1) is 0 Å². The first kappa shape index (κ1) is 10.6. The van der Waals surface area contributed by atoms with Gasteiger partial charge in [0.15, 0.2) is 0 Å². The Labute approximate surface area is 51.2 Å². The Morgan fingerprint density at radius 3 is 1.33 bits per heavy atom. The summed E-state index contributed by atoms with van der Waals surface area (Å²) in [5.41, 5.74) is 0. The highest BCUT2D eigenvalue weighted by Crippen LogP contribution is 1.70. The van der Waals surface area contributed by atoms with E-state index in [9.17, 15) is 9.59 Å². The topological polar surface area (TPSA) is 105 Å². The molecule has 0 aliphatic rings. The van der Waals surface area contributed by atoms with Gasteiger partial charge in [0.25, 0.3) is 0 Å². The van der Waals surface area contributed by atoms with E-state index >= 15 is 0 Å². The summed E-state index contributed by atoms with van der Waals surface area (Å²) in [7, 11) is 0. The molecule has 0 saturated carbocycles. The summed E-state index contributed by atoms with van der Waals surface area (Å²) >= 11 is 0. The molecule has 5 nitrogen and oxygen atoms in total. The fourth-order valence-corrected chi connectivity index (χ4v) is 0.143. The third-order valence-electron chi connectivity index (χ3n) is 0.368. The van der Waals surface area contributed by atoms with Crippen LogP contribution < -0.4 is 6.15 Å². The molecule has 0 aliphatic carbocycles. The average Bonchev–Trinajstić information content (AvgIpc) is 1.61. The molecule has 0 fully saturated rings. The first-order valence-corrected chi connectivity index (χ1v) is 1.77. The summed E-state index contributed by atoms with van der Waals surface area (Å²) in [5.74, 6) is -2.51. The van der Waals surface area contributed by atoms with E-state index in [4.69, 9.17) is 10.2 Å². The van der Waals surface area contributed by atoms with Crippen LogP contribution in [0.1, 0.15) is 0 Å². The zero-order valence-electron chi connectivity index (χ0n) is 4.31. The quantitative estimate of drug-likeness (QED) is 0.478. The summed E-state index contributed by atoms with van der Waals surface area (Å²) in [6.07, 6.45) is 1.12. The van der Waals surface area contributed by atoms with Crippen LogP contribution in [-0.2, 0) is 9.59 Å². The highest BCUT2D eigenvalue weighted by molar-refractivity contribution is 5.89. The molecule has 9 heavy (non-hydrogen) atoms. The van der Waals surface area contributed by atoms with Crippen molar-refractivity contribution in [2.45, 2.75) is 0 Å². The van der Waals surface area contributed by atoms with Crippen molar-refractivity contribution in [2.24, 2.45) is 0 Å². The van der Waals surface area contributed by atoms with Crippen molar-refractivity contribution < 1.29 is 19.8 Å². The van der Waals surface area contributed by atoms with Crippen LogP contribution in [0.25, 0.3) is 0 Å². The van der Waals surface area contributed by atoms with Crippen LogP contribution in [0.2, 0.25) is 0 Å². The van der Waals surface area contributed by atoms with Crippen LogP contribution in [0.4, 0.5) is 0 Å². The smallest absolute Gasteiger partial charge is 0.328 e. The number of aliphatic carboxylic acids is 2. The van der Waals surface area contributed by atoms with Gasteiger partial charge < -0.3 is 10.2 Å². The Balaban J connectivity index is 0.